The summed E-state index contributed by atoms with van der Waals surface area (Å²) in [5.41, 5.74) is 0.810. The third-order valence-corrected chi connectivity index (χ3v) is 5.16. The highest BCUT2D eigenvalue weighted by Gasteiger charge is 2.30. The third-order valence-electron chi connectivity index (χ3n) is 4.04. The molecule has 2 heterocycles. The molecular formula is C18H25N5OS. The number of aromatic nitrogens is 3. The molecule has 0 saturated carbocycles. The number of thioether (sulfide) groups is 1. The lowest BCUT2D eigenvalue weighted by atomic mass is 10.0. The van der Waals surface area contributed by atoms with Gasteiger partial charge in [-0.05, 0) is 43.5 Å². The number of nitrogens with one attached hydrogen (secondary N) is 2. The Labute approximate surface area is 152 Å². The second-order valence-corrected chi connectivity index (χ2v) is 9.14. The van der Waals surface area contributed by atoms with Crippen molar-refractivity contribution in [3.05, 3.63) is 36.4 Å². The van der Waals surface area contributed by atoms with Crippen molar-refractivity contribution in [2.75, 3.05) is 11.9 Å². The highest BCUT2D eigenvalue weighted by molar-refractivity contribution is 8.00. The van der Waals surface area contributed by atoms with Gasteiger partial charge in [0.05, 0.1) is 6.04 Å². The fourth-order valence-corrected chi connectivity index (χ4v) is 3.97. The second kappa shape index (κ2) is 7.47. The zero-order valence-corrected chi connectivity index (χ0v) is 15.8. The molecule has 2 amide bonds. The van der Waals surface area contributed by atoms with E-state index in [4.69, 9.17) is 0 Å². The molecule has 1 aromatic carbocycles. The number of piperidine rings is 1. The third kappa shape index (κ3) is 4.75. The summed E-state index contributed by atoms with van der Waals surface area (Å²) in [5, 5.41) is 9.83. The first-order valence-electron chi connectivity index (χ1n) is 8.64. The summed E-state index contributed by atoms with van der Waals surface area (Å²) in [6.45, 7) is 7.29. The number of aromatic amines is 1. The average Bonchev–Trinajstić information content (AvgIpc) is 3.10. The monoisotopic (exact) mass is 359 g/mol. The summed E-state index contributed by atoms with van der Waals surface area (Å²) < 4.78 is 0.170. The smallest absolute Gasteiger partial charge is 0.314 e. The van der Waals surface area contributed by atoms with Crippen LogP contribution in [0.25, 0.3) is 0 Å². The molecular weight excluding hydrogens is 334 g/mol. The maximum Gasteiger partial charge on any atom is 0.322 e. The van der Waals surface area contributed by atoms with Gasteiger partial charge in [-0.15, -0.1) is 11.8 Å². The topological polar surface area (TPSA) is 73.9 Å². The van der Waals surface area contributed by atoms with Gasteiger partial charge in [-0.25, -0.2) is 9.78 Å². The Morgan fingerprint density at radius 3 is 2.68 bits per heavy atom. The second-order valence-electron chi connectivity index (χ2n) is 7.24. The highest BCUT2D eigenvalue weighted by Crippen LogP contribution is 2.33. The molecule has 0 unspecified atom stereocenters. The van der Waals surface area contributed by atoms with Crippen LogP contribution in [0, 0.1) is 0 Å². The Morgan fingerprint density at radius 2 is 2.04 bits per heavy atom. The maximum atomic E-state index is 12.7. The minimum atomic E-state index is -0.0858. The molecule has 1 atom stereocenters. The van der Waals surface area contributed by atoms with Crippen molar-refractivity contribution >= 4 is 23.5 Å². The Hall–Kier alpha value is -2.02. The molecule has 7 heteroatoms. The van der Waals surface area contributed by atoms with Gasteiger partial charge in [0, 0.05) is 21.9 Å². The summed E-state index contributed by atoms with van der Waals surface area (Å²) >= 11 is 1.81. The van der Waals surface area contributed by atoms with Crippen molar-refractivity contribution in [2.45, 2.75) is 55.7 Å². The number of carbonyl (C=O) groups is 1. The van der Waals surface area contributed by atoms with Crippen LogP contribution in [0.2, 0.25) is 0 Å². The van der Waals surface area contributed by atoms with Crippen LogP contribution in [0.4, 0.5) is 10.5 Å². The molecule has 0 aliphatic carbocycles. The van der Waals surface area contributed by atoms with Gasteiger partial charge in [-0.3, -0.25) is 5.10 Å². The molecule has 0 radical (unpaired) electrons. The quantitative estimate of drug-likeness (QED) is 0.794. The summed E-state index contributed by atoms with van der Waals surface area (Å²) in [7, 11) is 0. The van der Waals surface area contributed by atoms with E-state index in [1.54, 1.807) is 0 Å². The van der Waals surface area contributed by atoms with Gasteiger partial charge in [0.25, 0.3) is 0 Å². The minimum absolute atomic E-state index is 0.0352. The van der Waals surface area contributed by atoms with Crippen molar-refractivity contribution in [1.29, 1.82) is 0 Å². The molecule has 2 aromatic rings. The number of rotatable bonds is 3. The van der Waals surface area contributed by atoms with E-state index >= 15 is 0 Å². The minimum Gasteiger partial charge on any atom is -0.314 e. The van der Waals surface area contributed by atoms with Crippen molar-refractivity contribution in [3.63, 3.8) is 0 Å². The Morgan fingerprint density at radius 1 is 1.28 bits per heavy atom. The molecule has 134 valence electrons. The Kier molecular flexibility index (Phi) is 5.32. The van der Waals surface area contributed by atoms with E-state index in [1.165, 1.54) is 11.2 Å². The van der Waals surface area contributed by atoms with Gasteiger partial charge in [-0.1, -0.05) is 20.8 Å². The first-order valence-corrected chi connectivity index (χ1v) is 9.46. The standard InChI is InChI=1S/C18H25N5OS/c1-18(2,3)25-14-9-7-13(8-10-14)21-17(24)23-11-5-4-6-15(23)16-19-12-20-22-16/h7-10,12,15H,4-6,11H2,1-3H3,(H,21,24)(H,19,20,22)/t15-/m0/s1. The number of H-pyrrole nitrogens is 1. The number of hydrogen-bond acceptors (Lipinski definition) is 4. The van der Waals surface area contributed by atoms with E-state index in [0.29, 0.717) is 0 Å². The molecule has 1 aliphatic rings. The summed E-state index contributed by atoms with van der Waals surface area (Å²) in [4.78, 5) is 20.0. The molecule has 1 saturated heterocycles. The number of carbonyl (C=O) groups excluding carboxylic acids is 1. The van der Waals surface area contributed by atoms with Crippen LogP contribution >= 0.6 is 11.8 Å². The molecule has 3 rings (SSSR count). The molecule has 6 nitrogen and oxygen atoms in total. The average molecular weight is 359 g/mol. The predicted octanol–water partition coefficient (Wildman–Crippen LogP) is 4.45. The lowest BCUT2D eigenvalue weighted by Crippen LogP contribution is -2.41. The molecule has 25 heavy (non-hydrogen) atoms. The number of nitrogens with zero attached hydrogens (tertiary/aromatic N) is 3. The Balaban J connectivity index is 1.66. The lowest BCUT2D eigenvalue weighted by molar-refractivity contribution is 0.159. The molecule has 1 fully saturated rings. The van der Waals surface area contributed by atoms with Crippen molar-refractivity contribution < 1.29 is 4.79 Å². The number of amides is 2. The zero-order chi connectivity index (χ0) is 17.9. The van der Waals surface area contributed by atoms with Gasteiger partial charge >= 0.3 is 6.03 Å². The number of urea groups is 1. The normalized spacial score (nSPS) is 18.2. The maximum absolute atomic E-state index is 12.7. The molecule has 1 aliphatic heterocycles. The van der Waals surface area contributed by atoms with Crippen LogP contribution in [-0.4, -0.2) is 37.4 Å². The summed E-state index contributed by atoms with van der Waals surface area (Å²) in [6, 6.07) is 7.90. The largest absolute Gasteiger partial charge is 0.322 e. The molecule has 0 spiro atoms. The van der Waals surface area contributed by atoms with Crippen molar-refractivity contribution in [3.8, 4) is 0 Å². The van der Waals surface area contributed by atoms with Crippen molar-refractivity contribution in [1.82, 2.24) is 20.1 Å². The van der Waals surface area contributed by atoms with E-state index < -0.39 is 0 Å². The first kappa shape index (κ1) is 17.8. The molecule has 2 N–H and O–H groups in total. The summed E-state index contributed by atoms with van der Waals surface area (Å²) in [6.07, 6.45) is 4.50. The number of anilines is 1. The molecule has 1 aromatic heterocycles. The van der Waals surface area contributed by atoms with Gasteiger partial charge in [-0.2, -0.15) is 5.10 Å². The fourth-order valence-electron chi connectivity index (χ4n) is 2.99. The number of likely N-dealkylation sites (tertiary alicyclic amines) is 1. The van der Waals surface area contributed by atoms with Gasteiger partial charge in [0.2, 0.25) is 0 Å². The number of hydrogen-bond donors (Lipinski definition) is 2. The number of benzene rings is 1. The van der Waals surface area contributed by atoms with Crippen LogP contribution in [0.5, 0.6) is 0 Å². The van der Waals surface area contributed by atoms with Gasteiger partial charge < -0.3 is 10.2 Å². The van der Waals surface area contributed by atoms with Crippen LogP contribution in [0.15, 0.2) is 35.5 Å². The fraction of sp³-hybridized carbons (Fsp3) is 0.500. The SMILES string of the molecule is CC(C)(C)Sc1ccc(NC(=O)N2CCCC[C@H]2c2ncn[nH]2)cc1. The van der Waals surface area contributed by atoms with E-state index in [1.807, 2.05) is 28.8 Å². The van der Waals surface area contributed by atoms with Gasteiger partial charge in [0.1, 0.15) is 12.2 Å². The van der Waals surface area contributed by atoms with E-state index in [0.717, 1.165) is 37.3 Å². The molecule has 0 bridgehead atoms. The zero-order valence-electron chi connectivity index (χ0n) is 15.0. The van der Waals surface area contributed by atoms with Crippen LogP contribution in [0.1, 0.15) is 51.9 Å². The summed E-state index contributed by atoms with van der Waals surface area (Å²) in [5.74, 6) is 0.756. The lowest BCUT2D eigenvalue weighted by Gasteiger charge is -2.34. The first-order chi connectivity index (χ1) is 11.9. The van der Waals surface area contributed by atoms with Crippen LogP contribution in [-0.2, 0) is 0 Å². The van der Waals surface area contributed by atoms with E-state index in [2.05, 4.69) is 53.4 Å². The van der Waals surface area contributed by atoms with Crippen molar-refractivity contribution in [2.24, 2.45) is 0 Å². The van der Waals surface area contributed by atoms with E-state index in [9.17, 15) is 4.79 Å². The van der Waals surface area contributed by atoms with E-state index in [-0.39, 0.29) is 16.8 Å². The van der Waals surface area contributed by atoms with Gasteiger partial charge in [0.15, 0.2) is 0 Å². The van der Waals surface area contributed by atoms with Crippen LogP contribution in [0.3, 0.4) is 0 Å². The van der Waals surface area contributed by atoms with Crippen LogP contribution < -0.4 is 5.32 Å². The predicted molar refractivity (Wildman–Crippen MR) is 101 cm³/mol. The highest BCUT2D eigenvalue weighted by atomic mass is 32.2. The Bertz CT molecular complexity index is 693.